The Morgan fingerprint density at radius 1 is 1.44 bits per heavy atom. The summed E-state index contributed by atoms with van der Waals surface area (Å²) in [6.07, 6.45) is 2.72. The van der Waals surface area contributed by atoms with E-state index in [1.807, 2.05) is 0 Å². The Hall–Kier alpha value is -0.690. The summed E-state index contributed by atoms with van der Waals surface area (Å²) in [6.45, 7) is 2.40. The summed E-state index contributed by atoms with van der Waals surface area (Å²) in [5, 5.41) is 24.4. The molecule has 6 nitrogen and oxygen atoms in total. The Balaban J connectivity index is 0.000000385. The Bertz CT molecular complexity index is 208. The molecule has 1 saturated carbocycles. The predicted octanol–water partition coefficient (Wildman–Crippen LogP) is -0.325. The second-order valence-electron chi connectivity index (χ2n) is 4.39. The van der Waals surface area contributed by atoms with Crippen molar-refractivity contribution in [3.63, 3.8) is 0 Å². The van der Waals surface area contributed by atoms with Gasteiger partial charge in [0.25, 0.3) is 0 Å². The molecule has 1 aliphatic carbocycles. The van der Waals surface area contributed by atoms with Gasteiger partial charge >= 0.3 is 5.97 Å². The van der Waals surface area contributed by atoms with Gasteiger partial charge in [0.15, 0.2) is 5.79 Å². The Morgan fingerprint density at radius 3 is 2.25 bits per heavy atom. The van der Waals surface area contributed by atoms with Gasteiger partial charge in [-0.1, -0.05) is 0 Å². The second-order valence-corrected chi connectivity index (χ2v) is 4.39. The van der Waals surface area contributed by atoms with Gasteiger partial charge in [0.1, 0.15) is 6.61 Å². The van der Waals surface area contributed by atoms with E-state index >= 15 is 0 Å². The fourth-order valence-corrected chi connectivity index (χ4v) is 1.31. The molecule has 0 bridgehead atoms. The van der Waals surface area contributed by atoms with E-state index in [2.05, 4.69) is 0 Å². The highest BCUT2D eigenvalue weighted by atomic mass is 16.5. The number of aliphatic hydroxyl groups is 2. The first-order chi connectivity index (χ1) is 7.18. The van der Waals surface area contributed by atoms with Crippen LogP contribution in [0.15, 0.2) is 0 Å². The number of ether oxygens (including phenoxy) is 1. The fourth-order valence-electron chi connectivity index (χ4n) is 1.31. The van der Waals surface area contributed by atoms with Crippen LogP contribution in [0.1, 0.15) is 33.1 Å². The molecule has 16 heavy (non-hydrogen) atoms. The van der Waals surface area contributed by atoms with Gasteiger partial charge in [0, 0.05) is 6.04 Å². The van der Waals surface area contributed by atoms with Gasteiger partial charge in [-0.25, -0.2) is 4.79 Å². The lowest BCUT2D eigenvalue weighted by Gasteiger charge is -2.08. The number of rotatable bonds is 3. The van der Waals surface area contributed by atoms with Crippen LogP contribution in [-0.2, 0) is 9.53 Å². The molecule has 0 aliphatic heterocycles. The van der Waals surface area contributed by atoms with Crippen molar-refractivity contribution in [3.8, 4) is 0 Å². The van der Waals surface area contributed by atoms with Crippen LogP contribution in [0.5, 0.6) is 0 Å². The number of nitrogens with two attached hydrogens (primary N) is 1. The molecule has 0 spiro atoms. The molecule has 0 heterocycles. The van der Waals surface area contributed by atoms with E-state index in [0.29, 0.717) is 0 Å². The number of hydrogen-bond acceptors (Lipinski definition) is 5. The van der Waals surface area contributed by atoms with Gasteiger partial charge in [-0.3, -0.25) is 0 Å². The zero-order chi connectivity index (χ0) is 12.8. The van der Waals surface area contributed by atoms with Gasteiger partial charge in [0.05, 0.1) is 6.10 Å². The molecule has 0 aromatic heterocycles. The zero-order valence-corrected chi connectivity index (χ0v) is 9.72. The third kappa shape index (κ3) is 11.4. The van der Waals surface area contributed by atoms with Crippen LogP contribution in [0.25, 0.3) is 0 Å². The van der Waals surface area contributed by atoms with Crippen molar-refractivity contribution in [3.05, 3.63) is 0 Å². The number of carboxylic acids is 1. The number of carbonyl (C=O) groups is 1. The Labute approximate surface area is 95.0 Å². The maximum absolute atomic E-state index is 10.1. The fraction of sp³-hybridized carbons (Fsp3) is 0.900. The van der Waals surface area contributed by atoms with Gasteiger partial charge in [-0.05, 0) is 33.1 Å². The lowest BCUT2D eigenvalue weighted by Crippen LogP contribution is -2.19. The standard InChI is InChI=1S/C7H13NO3.C3H8O2/c8-5-1-2-6(3-5)11-4-7(9)10;1-3(2,4)5/h5-6H,1-4,8H2,(H,9,10);4-5H,1-2H3. The number of aliphatic carboxylic acids is 1. The van der Waals surface area contributed by atoms with Crippen molar-refractivity contribution in [1.82, 2.24) is 0 Å². The van der Waals surface area contributed by atoms with Crippen LogP contribution in [0.4, 0.5) is 0 Å². The van der Waals surface area contributed by atoms with E-state index in [4.69, 9.17) is 25.8 Å². The number of hydrogen-bond donors (Lipinski definition) is 4. The molecular weight excluding hydrogens is 214 g/mol. The first-order valence-electron chi connectivity index (χ1n) is 5.22. The molecule has 6 heteroatoms. The largest absolute Gasteiger partial charge is 0.480 e. The highest BCUT2D eigenvalue weighted by Crippen LogP contribution is 2.19. The van der Waals surface area contributed by atoms with Crippen LogP contribution in [-0.4, -0.2) is 45.8 Å². The van der Waals surface area contributed by atoms with Gasteiger partial charge in [0.2, 0.25) is 0 Å². The molecule has 0 aromatic rings. The lowest BCUT2D eigenvalue weighted by molar-refractivity contribution is -0.144. The maximum Gasteiger partial charge on any atom is 0.329 e. The zero-order valence-electron chi connectivity index (χ0n) is 9.72. The highest BCUT2D eigenvalue weighted by Gasteiger charge is 2.22. The van der Waals surface area contributed by atoms with E-state index in [0.717, 1.165) is 19.3 Å². The Morgan fingerprint density at radius 2 is 1.94 bits per heavy atom. The molecule has 1 aliphatic rings. The molecule has 0 radical (unpaired) electrons. The van der Waals surface area contributed by atoms with Crippen molar-refractivity contribution in [2.75, 3.05) is 6.61 Å². The topological polar surface area (TPSA) is 113 Å². The molecule has 5 N–H and O–H groups in total. The minimum absolute atomic E-state index is 0.0705. The molecule has 2 unspecified atom stereocenters. The maximum atomic E-state index is 10.1. The smallest absolute Gasteiger partial charge is 0.329 e. The van der Waals surface area contributed by atoms with E-state index in [1.165, 1.54) is 13.8 Å². The van der Waals surface area contributed by atoms with Gasteiger partial charge in [-0.15, -0.1) is 0 Å². The van der Waals surface area contributed by atoms with E-state index in [-0.39, 0.29) is 18.8 Å². The molecule has 1 rings (SSSR count). The van der Waals surface area contributed by atoms with Crippen molar-refractivity contribution < 1.29 is 24.9 Å². The quantitative estimate of drug-likeness (QED) is 0.498. The molecule has 0 aromatic carbocycles. The van der Waals surface area contributed by atoms with Crippen LogP contribution in [0.3, 0.4) is 0 Å². The monoisotopic (exact) mass is 235 g/mol. The van der Waals surface area contributed by atoms with Crippen molar-refractivity contribution in [2.24, 2.45) is 5.73 Å². The minimum Gasteiger partial charge on any atom is -0.480 e. The average Bonchev–Trinajstić information content (AvgIpc) is 2.44. The summed E-state index contributed by atoms with van der Waals surface area (Å²) in [5.41, 5.74) is 5.60. The summed E-state index contributed by atoms with van der Waals surface area (Å²) in [6, 6.07) is 0.203. The molecule has 96 valence electrons. The summed E-state index contributed by atoms with van der Waals surface area (Å²) >= 11 is 0. The molecular formula is C10H21NO5. The summed E-state index contributed by atoms with van der Waals surface area (Å²) in [5.74, 6) is -2.41. The molecule has 2 atom stereocenters. The number of carboxylic acid groups (broad SMARTS) is 1. The minimum atomic E-state index is -1.50. The van der Waals surface area contributed by atoms with Crippen LogP contribution >= 0.6 is 0 Å². The molecule has 0 amide bonds. The first kappa shape index (κ1) is 15.3. The van der Waals surface area contributed by atoms with E-state index < -0.39 is 11.8 Å². The van der Waals surface area contributed by atoms with Crippen LogP contribution < -0.4 is 5.73 Å². The lowest BCUT2D eigenvalue weighted by atomic mass is 10.3. The van der Waals surface area contributed by atoms with E-state index in [9.17, 15) is 4.79 Å². The predicted molar refractivity (Wildman–Crippen MR) is 57.7 cm³/mol. The third-order valence-corrected chi connectivity index (χ3v) is 1.87. The normalized spacial score (nSPS) is 24.8. The van der Waals surface area contributed by atoms with E-state index in [1.54, 1.807) is 0 Å². The highest BCUT2D eigenvalue weighted by molar-refractivity contribution is 5.68. The Kier molecular flexibility index (Phi) is 6.51. The van der Waals surface area contributed by atoms with Crippen molar-refractivity contribution in [2.45, 2.75) is 51.0 Å². The van der Waals surface area contributed by atoms with Crippen molar-refractivity contribution in [1.29, 1.82) is 0 Å². The van der Waals surface area contributed by atoms with Crippen LogP contribution in [0.2, 0.25) is 0 Å². The summed E-state index contributed by atoms with van der Waals surface area (Å²) in [7, 11) is 0. The SMILES string of the molecule is CC(C)(O)O.NC1CCC(OCC(=O)O)C1. The molecule has 0 saturated heterocycles. The second kappa shape index (κ2) is 6.80. The average molecular weight is 235 g/mol. The van der Waals surface area contributed by atoms with Crippen molar-refractivity contribution >= 4 is 5.97 Å². The molecule has 1 fully saturated rings. The van der Waals surface area contributed by atoms with Gasteiger partial charge < -0.3 is 25.8 Å². The summed E-state index contributed by atoms with van der Waals surface area (Å²) < 4.78 is 5.06. The summed E-state index contributed by atoms with van der Waals surface area (Å²) in [4.78, 5) is 10.1. The first-order valence-corrected chi connectivity index (χ1v) is 5.22. The van der Waals surface area contributed by atoms with Crippen LogP contribution in [0, 0.1) is 0 Å². The van der Waals surface area contributed by atoms with Gasteiger partial charge in [-0.2, -0.15) is 0 Å². The third-order valence-electron chi connectivity index (χ3n) is 1.87.